The van der Waals surface area contributed by atoms with Crippen molar-refractivity contribution in [1.29, 1.82) is 0 Å². The van der Waals surface area contributed by atoms with Gasteiger partial charge in [0.15, 0.2) is 22.9 Å². The Labute approximate surface area is 118 Å². The van der Waals surface area contributed by atoms with Crippen LogP contribution >= 0.6 is 0 Å². The monoisotopic (exact) mass is 274 g/mol. The Balaban J connectivity index is 1.74. The van der Waals surface area contributed by atoms with Gasteiger partial charge in [-0.2, -0.15) is 0 Å². The topological polar surface area (TPSA) is 48.1 Å². The van der Waals surface area contributed by atoms with E-state index in [2.05, 4.69) is 0 Å². The lowest BCUT2D eigenvalue weighted by Crippen LogP contribution is -2.21. The van der Waals surface area contributed by atoms with E-state index in [1.54, 1.807) is 26.4 Å². The molecular weight excluding hydrogens is 256 g/mol. The highest BCUT2D eigenvalue weighted by molar-refractivity contribution is 6.02. The van der Waals surface area contributed by atoms with E-state index >= 15 is 0 Å². The molecule has 0 bridgehead atoms. The third-order valence-corrected chi connectivity index (χ3v) is 4.08. The Morgan fingerprint density at radius 3 is 2.75 bits per heavy atom. The predicted molar refractivity (Wildman–Crippen MR) is 75.0 cm³/mol. The minimum atomic E-state index is -0.493. The molecule has 1 aromatic rings. The van der Waals surface area contributed by atoms with E-state index in [9.17, 15) is 4.79 Å². The average Bonchev–Trinajstić information content (AvgIpc) is 3.06. The lowest BCUT2D eigenvalue weighted by atomic mass is 10.0. The number of carbonyl (C=O) groups is 1. The zero-order valence-electron chi connectivity index (χ0n) is 11.7. The lowest BCUT2D eigenvalue weighted by Gasteiger charge is -2.07. The first kappa shape index (κ1) is 13.2. The van der Waals surface area contributed by atoms with Crippen molar-refractivity contribution in [2.24, 2.45) is 0 Å². The van der Waals surface area contributed by atoms with Crippen molar-refractivity contribution in [2.75, 3.05) is 14.2 Å². The van der Waals surface area contributed by atoms with Crippen molar-refractivity contribution in [2.45, 2.75) is 31.0 Å². The van der Waals surface area contributed by atoms with Crippen molar-refractivity contribution in [3.05, 3.63) is 29.8 Å². The van der Waals surface area contributed by atoms with E-state index in [4.69, 9.17) is 14.2 Å². The summed E-state index contributed by atoms with van der Waals surface area (Å²) in [6.07, 6.45) is 6.52. The molecule has 4 heteroatoms. The first-order valence-corrected chi connectivity index (χ1v) is 6.82. The summed E-state index contributed by atoms with van der Waals surface area (Å²) < 4.78 is 16.0. The van der Waals surface area contributed by atoms with Crippen LogP contribution < -0.4 is 9.47 Å². The smallest absolute Gasteiger partial charge is 0.190 e. The highest BCUT2D eigenvalue weighted by Gasteiger charge is 2.63. The average molecular weight is 274 g/mol. The van der Waals surface area contributed by atoms with Crippen LogP contribution in [-0.4, -0.2) is 31.7 Å². The summed E-state index contributed by atoms with van der Waals surface area (Å²) in [6, 6.07) is 5.57. The summed E-state index contributed by atoms with van der Waals surface area (Å²) in [5, 5.41) is 0. The van der Waals surface area contributed by atoms with Crippen LogP contribution in [0.5, 0.6) is 11.5 Å². The van der Waals surface area contributed by atoms with Crippen molar-refractivity contribution in [3.63, 3.8) is 0 Å². The summed E-state index contributed by atoms with van der Waals surface area (Å²) in [5.41, 5.74) is 0.412. The summed E-state index contributed by atoms with van der Waals surface area (Å²) >= 11 is 0. The number of epoxide rings is 1. The van der Waals surface area contributed by atoms with E-state index < -0.39 is 5.60 Å². The van der Waals surface area contributed by atoms with Crippen LogP contribution in [0.15, 0.2) is 24.3 Å². The molecule has 0 radical (unpaired) electrons. The van der Waals surface area contributed by atoms with E-state index in [0.29, 0.717) is 11.5 Å². The predicted octanol–water partition coefficient (Wildman–Crippen LogP) is 2.61. The molecule has 1 heterocycles. The molecule has 0 aromatic heterocycles. The molecule has 0 amide bonds. The molecule has 3 rings (SSSR count). The van der Waals surface area contributed by atoms with Crippen LogP contribution in [0.2, 0.25) is 0 Å². The van der Waals surface area contributed by atoms with Crippen molar-refractivity contribution >= 4 is 11.9 Å². The SMILES string of the molecule is COc1ccc(/C=C/C(=O)C23CCCC2O3)cc1OC. The summed E-state index contributed by atoms with van der Waals surface area (Å²) in [6.45, 7) is 0. The van der Waals surface area contributed by atoms with Crippen molar-refractivity contribution in [3.8, 4) is 11.5 Å². The summed E-state index contributed by atoms with van der Waals surface area (Å²) in [5.74, 6) is 1.41. The molecule has 2 aliphatic rings. The van der Waals surface area contributed by atoms with Crippen LogP contribution in [0, 0.1) is 0 Å². The van der Waals surface area contributed by atoms with E-state index in [1.807, 2.05) is 18.2 Å². The van der Waals surface area contributed by atoms with Crippen molar-refractivity contribution < 1.29 is 19.0 Å². The number of hydrogen-bond acceptors (Lipinski definition) is 4. The Morgan fingerprint density at radius 2 is 2.15 bits per heavy atom. The minimum Gasteiger partial charge on any atom is -0.493 e. The van der Waals surface area contributed by atoms with E-state index in [-0.39, 0.29) is 11.9 Å². The van der Waals surface area contributed by atoms with Gasteiger partial charge in [0.2, 0.25) is 0 Å². The zero-order valence-corrected chi connectivity index (χ0v) is 11.7. The fraction of sp³-hybridized carbons (Fsp3) is 0.438. The standard InChI is InChI=1S/C16H18O4/c1-18-12-7-5-11(10-13(12)19-2)6-8-14(17)16-9-3-4-15(16)20-16/h5-8,10,15H,3-4,9H2,1-2H3/b8-6+. The fourth-order valence-electron chi connectivity index (χ4n) is 2.89. The van der Waals surface area contributed by atoms with Gasteiger partial charge in [0.05, 0.1) is 20.3 Å². The maximum atomic E-state index is 12.2. The third-order valence-electron chi connectivity index (χ3n) is 4.08. The molecule has 1 aliphatic carbocycles. The molecule has 20 heavy (non-hydrogen) atoms. The van der Waals surface area contributed by atoms with Gasteiger partial charge in [-0.05, 0) is 43.0 Å². The molecule has 1 saturated carbocycles. The molecule has 0 spiro atoms. The molecule has 2 atom stereocenters. The number of benzene rings is 1. The molecule has 1 aliphatic heterocycles. The number of carbonyl (C=O) groups excluding carboxylic acids is 1. The molecular formula is C16H18O4. The first-order chi connectivity index (χ1) is 9.69. The second kappa shape index (κ2) is 4.94. The van der Waals surface area contributed by atoms with Crippen molar-refractivity contribution in [1.82, 2.24) is 0 Å². The quantitative estimate of drug-likeness (QED) is 0.611. The molecule has 1 saturated heterocycles. The van der Waals surface area contributed by atoms with Gasteiger partial charge in [0.25, 0.3) is 0 Å². The molecule has 106 valence electrons. The van der Waals surface area contributed by atoms with Gasteiger partial charge in [-0.1, -0.05) is 12.1 Å². The molecule has 4 nitrogen and oxygen atoms in total. The zero-order chi connectivity index (χ0) is 14.2. The molecule has 0 N–H and O–H groups in total. The normalized spacial score (nSPS) is 27.4. The number of ketones is 1. The summed E-state index contributed by atoms with van der Waals surface area (Å²) in [4.78, 5) is 12.2. The van der Waals surface area contributed by atoms with Gasteiger partial charge in [-0.3, -0.25) is 4.79 Å². The van der Waals surface area contributed by atoms with Gasteiger partial charge in [-0.25, -0.2) is 0 Å². The Kier molecular flexibility index (Phi) is 3.26. The molecule has 2 fully saturated rings. The third kappa shape index (κ3) is 2.10. The second-order valence-corrected chi connectivity index (χ2v) is 5.20. The lowest BCUT2D eigenvalue weighted by molar-refractivity contribution is -0.119. The summed E-state index contributed by atoms with van der Waals surface area (Å²) in [7, 11) is 3.19. The van der Waals surface area contributed by atoms with Gasteiger partial charge in [0.1, 0.15) is 0 Å². The fourth-order valence-corrected chi connectivity index (χ4v) is 2.89. The van der Waals surface area contributed by atoms with E-state index in [0.717, 1.165) is 24.8 Å². The van der Waals surface area contributed by atoms with Gasteiger partial charge in [-0.15, -0.1) is 0 Å². The number of methoxy groups -OCH3 is 2. The Morgan fingerprint density at radius 1 is 1.35 bits per heavy atom. The van der Waals surface area contributed by atoms with Gasteiger partial charge in [0, 0.05) is 0 Å². The van der Waals surface area contributed by atoms with Gasteiger partial charge >= 0.3 is 0 Å². The Bertz CT molecular complexity index is 564. The highest BCUT2D eigenvalue weighted by atomic mass is 16.6. The maximum Gasteiger partial charge on any atom is 0.190 e. The number of ether oxygens (including phenoxy) is 3. The van der Waals surface area contributed by atoms with Crippen LogP contribution in [0.1, 0.15) is 24.8 Å². The minimum absolute atomic E-state index is 0.0785. The first-order valence-electron chi connectivity index (χ1n) is 6.82. The largest absolute Gasteiger partial charge is 0.493 e. The van der Waals surface area contributed by atoms with Gasteiger partial charge < -0.3 is 14.2 Å². The van der Waals surface area contributed by atoms with Crippen LogP contribution in [0.4, 0.5) is 0 Å². The maximum absolute atomic E-state index is 12.2. The number of hydrogen-bond donors (Lipinski definition) is 0. The Hall–Kier alpha value is -1.81. The van der Waals surface area contributed by atoms with E-state index in [1.165, 1.54) is 0 Å². The van der Waals surface area contributed by atoms with Crippen LogP contribution in [0.25, 0.3) is 6.08 Å². The number of rotatable bonds is 5. The highest BCUT2D eigenvalue weighted by Crippen LogP contribution is 2.50. The van der Waals surface area contributed by atoms with Crippen LogP contribution in [-0.2, 0) is 9.53 Å². The number of fused-ring (bicyclic) bond motifs is 1. The molecule has 1 aromatic carbocycles. The molecule has 2 unspecified atom stereocenters. The van der Waals surface area contributed by atoms with Crippen LogP contribution in [0.3, 0.4) is 0 Å². The second-order valence-electron chi connectivity index (χ2n) is 5.20.